The minimum atomic E-state index is -0.00309. The summed E-state index contributed by atoms with van der Waals surface area (Å²) in [4.78, 5) is 6.53. The van der Waals surface area contributed by atoms with Crippen LogP contribution in [0.15, 0.2) is 42.6 Å². The summed E-state index contributed by atoms with van der Waals surface area (Å²) < 4.78 is 0. The average Bonchev–Trinajstić information content (AvgIpc) is 2.54. The van der Waals surface area contributed by atoms with E-state index in [-0.39, 0.29) is 6.04 Å². The highest BCUT2D eigenvalue weighted by Crippen LogP contribution is 2.18. The fraction of sp³-hybridized carbons (Fsp3) is 0.294. The first-order valence-corrected chi connectivity index (χ1v) is 7.05. The molecule has 108 valence electrons. The molecule has 2 N–H and O–H groups in total. The summed E-state index contributed by atoms with van der Waals surface area (Å²) in [7, 11) is 2.01. The highest BCUT2D eigenvalue weighted by Gasteiger charge is 2.07. The van der Waals surface area contributed by atoms with Crippen molar-refractivity contribution < 1.29 is 0 Å². The Labute approximate surface area is 125 Å². The molecule has 0 saturated carbocycles. The number of nitrogens with two attached hydrogens (primary N) is 1. The second-order valence-electron chi connectivity index (χ2n) is 5.12. The Morgan fingerprint density at radius 3 is 2.76 bits per heavy atom. The molecule has 4 nitrogen and oxygen atoms in total. The summed E-state index contributed by atoms with van der Waals surface area (Å²) in [6.07, 6.45) is 2.72. The fourth-order valence-corrected chi connectivity index (χ4v) is 2.16. The normalized spacial score (nSPS) is 11.7. The second kappa shape index (κ2) is 6.87. The third-order valence-electron chi connectivity index (χ3n) is 3.51. The molecule has 2 aromatic rings. The zero-order valence-corrected chi connectivity index (χ0v) is 12.5. The highest BCUT2D eigenvalue weighted by atomic mass is 15.1. The number of nitrogens with zero attached hydrogens (tertiary/aromatic N) is 3. The molecule has 0 aliphatic heterocycles. The zero-order chi connectivity index (χ0) is 15.2. The minimum absolute atomic E-state index is 0.00309. The van der Waals surface area contributed by atoms with E-state index in [4.69, 9.17) is 11.0 Å². The predicted octanol–water partition coefficient (Wildman–Crippen LogP) is 3.00. The number of nitriles is 1. The van der Waals surface area contributed by atoms with Crippen molar-refractivity contribution in [3.05, 3.63) is 59.4 Å². The first-order valence-electron chi connectivity index (χ1n) is 7.05. The Balaban J connectivity index is 2.09. The lowest BCUT2D eigenvalue weighted by Crippen LogP contribution is -2.17. The lowest BCUT2D eigenvalue weighted by atomic mass is 10.1. The average molecular weight is 280 g/mol. The molecular weight excluding hydrogens is 260 g/mol. The summed E-state index contributed by atoms with van der Waals surface area (Å²) in [6.45, 7) is 2.78. The van der Waals surface area contributed by atoms with Gasteiger partial charge in [0.2, 0.25) is 0 Å². The molecule has 0 fully saturated rings. The fourth-order valence-electron chi connectivity index (χ4n) is 2.16. The molecule has 4 heteroatoms. The van der Waals surface area contributed by atoms with Crippen molar-refractivity contribution >= 4 is 5.69 Å². The van der Waals surface area contributed by atoms with Gasteiger partial charge in [-0.25, -0.2) is 0 Å². The van der Waals surface area contributed by atoms with E-state index in [1.165, 1.54) is 0 Å². The van der Waals surface area contributed by atoms with Crippen molar-refractivity contribution in [1.82, 2.24) is 4.98 Å². The van der Waals surface area contributed by atoms with Gasteiger partial charge >= 0.3 is 0 Å². The van der Waals surface area contributed by atoms with E-state index in [9.17, 15) is 0 Å². The van der Waals surface area contributed by atoms with Crippen LogP contribution in [0.5, 0.6) is 0 Å². The van der Waals surface area contributed by atoms with Crippen LogP contribution in [0.4, 0.5) is 5.69 Å². The van der Waals surface area contributed by atoms with Crippen LogP contribution in [0.25, 0.3) is 0 Å². The minimum Gasteiger partial charge on any atom is -0.369 e. The molecule has 0 aliphatic carbocycles. The van der Waals surface area contributed by atoms with Gasteiger partial charge in [0.25, 0.3) is 0 Å². The van der Waals surface area contributed by atoms with Gasteiger partial charge in [-0.15, -0.1) is 0 Å². The monoisotopic (exact) mass is 280 g/mol. The number of pyridine rings is 1. The van der Waals surface area contributed by atoms with Crippen molar-refractivity contribution in [3.63, 3.8) is 0 Å². The lowest BCUT2D eigenvalue weighted by Gasteiger charge is -2.20. The summed E-state index contributed by atoms with van der Waals surface area (Å²) in [6, 6.07) is 13.8. The maximum absolute atomic E-state index is 8.93. The molecular formula is C17H20N4. The Morgan fingerprint density at radius 2 is 2.14 bits per heavy atom. The first kappa shape index (κ1) is 15.0. The van der Waals surface area contributed by atoms with Crippen LogP contribution >= 0.6 is 0 Å². The molecule has 1 heterocycles. The van der Waals surface area contributed by atoms with Crippen LogP contribution in [-0.4, -0.2) is 12.0 Å². The Bertz CT molecular complexity index is 628. The van der Waals surface area contributed by atoms with E-state index in [1.54, 1.807) is 0 Å². The van der Waals surface area contributed by atoms with E-state index in [0.717, 1.165) is 29.9 Å². The molecule has 0 spiro atoms. The summed E-state index contributed by atoms with van der Waals surface area (Å²) in [5.41, 5.74) is 9.71. The van der Waals surface area contributed by atoms with Crippen molar-refractivity contribution in [2.75, 3.05) is 11.9 Å². The van der Waals surface area contributed by atoms with Crippen LogP contribution in [0.2, 0.25) is 0 Å². The number of hydrogen-bond donors (Lipinski definition) is 1. The van der Waals surface area contributed by atoms with Crippen molar-refractivity contribution in [3.8, 4) is 6.07 Å². The third-order valence-corrected chi connectivity index (χ3v) is 3.51. The molecule has 0 saturated heterocycles. The van der Waals surface area contributed by atoms with Crippen LogP contribution in [0, 0.1) is 11.3 Å². The SMILES string of the molecule is CCC(N)c1ccc(N(C)Cc2cccc(C#N)c2)cn1. The third kappa shape index (κ3) is 3.80. The molecule has 21 heavy (non-hydrogen) atoms. The number of benzene rings is 1. The van der Waals surface area contributed by atoms with Gasteiger partial charge in [-0.05, 0) is 36.2 Å². The smallest absolute Gasteiger partial charge is 0.0991 e. The van der Waals surface area contributed by atoms with Gasteiger partial charge in [-0.2, -0.15) is 5.26 Å². The molecule has 0 bridgehead atoms. The molecule has 2 rings (SSSR count). The van der Waals surface area contributed by atoms with Crippen LogP contribution in [-0.2, 0) is 6.54 Å². The van der Waals surface area contributed by atoms with Gasteiger partial charge in [-0.3, -0.25) is 4.98 Å². The molecule has 1 unspecified atom stereocenters. The van der Waals surface area contributed by atoms with Gasteiger partial charge in [0.15, 0.2) is 0 Å². The predicted molar refractivity (Wildman–Crippen MR) is 84.7 cm³/mol. The van der Waals surface area contributed by atoms with E-state index in [1.807, 2.05) is 49.6 Å². The Morgan fingerprint density at radius 1 is 1.33 bits per heavy atom. The highest BCUT2D eigenvalue weighted by molar-refractivity contribution is 5.45. The topological polar surface area (TPSA) is 65.9 Å². The van der Waals surface area contributed by atoms with Crippen molar-refractivity contribution in [2.24, 2.45) is 5.73 Å². The van der Waals surface area contributed by atoms with Gasteiger partial charge in [0, 0.05) is 19.6 Å². The molecule has 0 amide bonds. The molecule has 1 aromatic carbocycles. The van der Waals surface area contributed by atoms with Gasteiger partial charge in [-0.1, -0.05) is 19.1 Å². The second-order valence-corrected chi connectivity index (χ2v) is 5.12. The van der Waals surface area contributed by atoms with Crippen LogP contribution < -0.4 is 10.6 Å². The van der Waals surface area contributed by atoms with Gasteiger partial charge < -0.3 is 10.6 Å². The number of aromatic nitrogens is 1. The van der Waals surface area contributed by atoms with Crippen molar-refractivity contribution in [1.29, 1.82) is 5.26 Å². The molecule has 0 aliphatic rings. The zero-order valence-electron chi connectivity index (χ0n) is 12.5. The van der Waals surface area contributed by atoms with E-state index in [2.05, 4.69) is 22.9 Å². The van der Waals surface area contributed by atoms with Crippen LogP contribution in [0.1, 0.15) is 36.2 Å². The van der Waals surface area contributed by atoms with Crippen molar-refractivity contribution in [2.45, 2.75) is 25.9 Å². The maximum atomic E-state index is 8.93. The summed E-state index contributed by atoms with van der Waals surface area (Å²) in [5.74, 6) is 0. The lowest BCUT2D eigenvalue weighted by molar-refractivity contribution is 0.675. The standard InChI is InChI=1S/C17H20N4/c1-3-16(19)17-8-7-15(11-20-17)21(2)12-14-6-4-5-13(9-14)10-18/h4-9,11,16H,3,12,19H2,1-2H3. The summed E-state index contributed by atoms with van der Waals surface area (Å²) >= 11 is 0. The summed E-state index contributed by atoms with van der Waals surface area (Å²) in [5, 5.41) is 8.93. The van der Waals surface area contributed by atoms with E-state index in [0.29, 0.717) is 5.56 Å². The number of hydrogen-bond acceptors (Lipinski definition) is 4. The quantitative estimate of drug-likeness (QED) is 0.914. The van der Waals surface area contributed by atoms with Gasteiger partial charge in [0.05, 0.1) is 29.2 Å². The number of rotatable bonds is 5. The first-order chi connectivity index (χ1) is 10.1. The maximum Gasteiger partial charge on any atom is 0.0991 e. The molecule has 1 aromatic heterocycles. The Hall–Kier alpha value is -2.38. The number of anilines is 1. The van der Waals surface area contributed by atoms with E-state index >= 15 is 0 Å². The largest absolute Gasteiger partial charge is 0.369 e. The molecule has 1 atom stereocenters. The van der Waals surface area contributed by atoms with E-state index < -0.39 is 0 Å². The molecule has 0 radical (unpaired) electrons. The van der Waals surface area contributed by atoms with Gasteiger partial charge in [0.1, 0.15) is 0 Å². The Kier molecular flexibility index (Phi) is 4.91. The van der Waals surface area contributed by atoms with Crippen LogP contribution in [0.3, 0.4) is 0 Å².